The number of piperidine rings is 1. The number of nitrogens with two attached hydrogens (primary N) is 1. The van der Waals surface area contributed by atoms with Gasteiger partial charge in [0.25, 0.3) is 5.91 Å². The van der Waals surface area contributed by atoms with Gasteiger partial charge in [-0.2, -0.15) is 4.31 Å². The zero-order chi connectivity index (χ0) is 19.4. The normalized spacial score (nSPS) is 19.2. The highest BCUT2D eigenvalue weighted by Gasteiger charge is 2.28. The van der Waals surface area contributed by atoms with E-state index in [0.717, 1.165) is 12.8 Å². The van der Waals surface area contributed by atoms with E-state index in [1.165, 1.54) is 16.4 Å². The van der Waals surface area contributed by atoms with Crippen LogP contribution < -0.4 is 10.5 Å². The lowest BCUT2D eigenvalue weighted by atomic mass is 9.96. The molecule has 0 aromatic heterocycles. The van der Waals surface area contributed by atoms with E-state index in [0.29, 0.717) is 44.8 Å². The summed E-state index contributed by atoms with van der Waals surface area (Å²) in [4.78, 5) is 25.3. The summed E-state index contributed by atoms with van der Waals surface area (Å²) < 4.78 is 32.0. The topological polar surface area (TPSA) is 110 Å². The van der Waals surface area contributed by atoms with E-state index in [4.69, 9.17) is 10.5 Å². The molecule has 2 saturated heterocycles. The Morgan fingerprint density at radius 2 is 1.63 bits per heavy atom. The highest BCUT2D eigenvalue weighted by Crippen LogP contribution is 2.23. The third kappa shape index (κ3) is 4.59. The summed E-state index contributed by atoms with van der Waals surface area (Å²) in [5, 5.41) is 0. The largest absolute Gasteiger partial charge is 0.484 e. The van der Waals surface area contributed by atoms with Crippen LogP contribution in [0.4, 0.5) is 0 Å². The maximum Gasteiger partial charge on any atom is 0.260 e. The Labute approximate surface area is 159 Å². The summed E-state index contributed by atoms with van der Waals surface area (Å²) in [7, 11) is -3.45. The molecule has 2 N–H and O–H groups in total. The predicted octanol–water partition coefficient (Wildman–Crippen LogP) is 0.574. The second kappa shape index (κ2) is 8.26. The highest BCUT2D eigenvalue weighted by molar-refractivity contribution is 7.89. The number of likely N-dealkylation sites (tertiary alicyclic amines) is 1. The Morgan fingerprint density at radius 3 is 2.19 bits per heavy atom. The lowest BCUT2D eigenvalue weighted by Gasteiger charge is -2.30. The summed E-state index contributed by atoms with van der Waals surface area (Å²) in [6, 6.07) is 6.14. The van der Waals surface area contributed by atoms with Crippen molar-refractivity contribution in [2.45, 2.75) is 30.6 Å². The molecule has 9 heteroatoms. The van der Waals surface area contributed by atoms with Gasteiger partial charge in [-0.1, -0.05) is 0 Å². The van der Waals surface area contributed by atoms with Gasteiger partial charge >= 0.3 is 0 Å². The van der Waals surface area contributed by atoms with Crippen molar-refractivity contribution in [2.24, 2.45) is 11.7 Å². The molecule has 0 unspecified atom stereocenters. The van der Waals surface area contributed by atoms with Crippen LogP contribution in [0.3, 0.4) is 0 Å². The van der Waals surface area contributed by atoms with Gasteiger partial charge in [-0.25, -0.2) is 8.42 Å². The van der Waals surface area contributed by atoms with Crippen molar-refractivity contribution >= 4 is 21.8 Å². The van der Waals surface area contributed by atoms with Crippen LogP contribution in [0.1, 0.15) is 25.7 Å². The number of hydrogen-bond acceptors (Lipinski definition) is 5. The second-order valence-corrected chi connectivity index (χ2v) is 8.87. The molecule has 2 aliphatic rings. The van der Waals surface area contributed by atoms with Gasteiger partial charge in [-0.05, 0) is 49.9 Å². The minimum Gasteiger partial charge on any atom is -0.484 e. The quantitative estimate of drug-likeness (QED) is 0.757. The van der Waals surface area contributed by atoms with Gasteiger partial charge in [0.2, 0.25) is 15.9 Å². The van der Waals surface area contributed by atoms with Gasteiger partial charge in [-0.15, -0.1) is 0 Å². The smallest absolute Gasteiger partial charge is 0.260 e. The standard InChI is InChI=1S/C18H25N3O5S/c19-18(23)14-7-11-20(12-8-14)17(22)13-26-15-3-5-16(6-4-15)27(24,25)21-9-1-2-10-21/h3-6,14H,1-2,7-13H2,(H2,19,23). The highest BCUT2D eigenvalue weighted by atomic mass is 32.2. The maximum atomic E-state index is 12.5. The Balaban J connectivity index is 1.51. The number of hydrogen-bond donors (Lipinski definition) is 1. The molecule has 0 saturated carbocycles. The summed E-state index contributed by atoms with van der Waals surface area (Å²) in [6.45, 7) is 1.97. The minimum atomic E-state index is -3.45. The third-order valence-corrected chi connectivity index (χ3v) is 7.05. The number of carbonyl (C=O) groups excluding carboxylic acids is 2. The van der Waals surface area contributed by atoms with Crippen molar-refractivity contribution in [3.05, 3.63) is 24.3 Å². The van der Waals surface area contributed by atoms with Crippen LogP contribution in [0.2, 0.25) is 0 Å². The number of amides is 2. The molecule has 3 rings (SSSR count). The lowest BCUT2D eigenvalue weighted by molar-refractivity contribution is -0.136. The first-order valence-electron chi connectivity index (χ1n) is 9.18. The first-order valence-corrected chi connectivity index (χ1v) is 10.6. The second-order valence-electron chi connectivity index (χ2n) is 6.93. The number of ether oxygens (including phenoxy) is 1. The Hall–Kier alpha value is -2.13. The summed E-state index contributed by atoms with van der Waals surface area (Å²) in [6.07, 6.45) is 2.92. The molecule has 2 heterocycles. The van der Waals surface area contributed by atoms with Gasteiger partial charge in [0, 0.05) is 32.1 Å². The van der Waals surface area contributed by atoms with Gasteiger partial charge in [0.1, 0.15) is 5.75 Å². The number of carbonyl (C=O) groups is 2. The van der Waals surface area contributed by atoms with Gasteiger partial charge in [-0.3, -0.25) is 9.59 Å². The van der Waals surface area contributed by atoms with Crippen LogP contribution in [-0.2, 0) is 19.6 Å². The number of primary amides is 1. The third-order valence-electron chi connectivity index (χ3n) is 5.14. The van der Waals surface area contributed by atoms with Crippen LogP contribution in [0.15, 0.2) is 29.2 Å². The minimum absolute atomic E-state index is 0.126. The molecule has 0 bridgehead atoms. The fourth-order valence-corrected chi connectivity index (χ4v) is 4.95. The maximum absolute atomic E-state index is 12.5. The van der Waals surface area contributed by atoms with E-state index in [2.05, 4.69) is 0 Å². The molecule has 1 aromatic carbocycles. The Kier molecular flexibility index (Phi) is 6.01. The molecule has 2 amide bonds. The number of benzene rings is 1. The van der Waals surface area contributed by atoms with Crippen molar-refractivity contribution in [3.8, 4) is 5.75 Å². The van der Waals surface area contributed by atoms with E-state index in [-0.39, 0.29) is 29.2 Å². The monoisotopic (exact) mass is 395 g/mol. The molecule has 0 radical (unpaired) electrons. The van der Waals surface area contributed by atoms with E-state index >= 15 is 0 Å². The van der Waals surface area contributed by atoms with Crippen LogP contribution in [-0.4, -0.2) is 62.2 Å². The van der Waals surface area contributed by atoms with Gasteiger partial charge in [0.05, 0.1) is 4.90 Å². The van der Waals surface area contributed by atoms with Crippen molar-refractivity contribution < 1.29 is 22.7 Å². The molecular weight excluding hydrogens is 370 g/mol. The molecule has 27 heavy (non-hydrogen) atoms. The molecule has 2 aliphatic heterocycles. The summed E-state index contributed by atoms with van der Waals surface area (Å²) >= 11 is 0. The van der Waals surface area contributed by atoms with Crippen LogP contribution >= 0.6 is 0 Å². The number of sulfonamides is 1. The van der Waals surface area contributed by atoms with E-state index in [1.54, 1.807) is 17.0 Å². The van der Waals surface area contributed by atoms with Crippen LogP contribution in [0.25, 0.3) is 0 Å². The lowest BCUT2D eigenvalue weighted by Crippen LogP contribution is -2.43. The number of nitrogens with zero attached hydrogens (tertiary/aromatic N) is 2. The molecule has 8 nitrogen and oxygen atoms in total. The predicted molar refractivity (Wildman–Crippen MR) is 98.4 cm³/mol. The van der Waals surface area contributed by atoms with E-state index in [9.17, 15) is 18.0 Å². The van der Waals surface area contributed by atoms with Crippen molar-refractivity contribution in [1.29, 1.82) is 0 Å². The molecule has 0 spiro atoms. The zero-order valence-electron chi connectivity index (χ0n) is 15.2. The van der Waals surface area contributed by atoms with Gasteiger partial charge in [0.15, 0.2) is 6.61 Å². The van der Waals surface area contributed by atoms with Gasteiger partial charge < -0.3 is 15.4 Å². The zero-order valence-corrected chi connectivity index (χ0v) is 16.0. The van der Waals surface area contributed by atoms with E-state index in [1.807, 2.05) is 0 Å². The molecular formula is C18H25N3O5S. The first-order chi connectivity index (χ1) is 12.9. The molecule has 0 aliphatic carbocycles. The van der Waals surface area contributed by atoms with E-state index < -0.39 is 10.0 Å². The average Bonchev–Trinajstić information content (AvgIpc) is 3.22. The fourth-order valence-electron chi connectivity index (χ4n) is 3.44. The molecule has 2 fully saturated rings. The molecule has 148 valence electrons. The fraction of sp³-hybridized carbons (Fsp3) is 0.556. The Morgan fingerprint density at radius 1 is 1.04 bits per heavy atom. The van der Waals surface area contributed by atoms with Crippen molar-refractivity contribution in [2.75, 3.05) is 32.8 Å². The molecule has 1 aromatic rings. The van der Waals surface area contributed by atoms with Crippen molar-refractivity contribution in [1.82, 2.24) is 9.21 Å². The first kappa shape index (κ1) is 19.6. The van der Waals surface area contributed by atoms with Crippen molar-refractivity contribution in [3.63, 3.8) is 0 Å². The summed E-state index contributed by atoms with van der Waals surface area (Å²) in [5.41, 5.74) is 5.29. The Bertz CT molecular complexity index is 780. The molecule has 0 atom stereocenters. The average molecular weight is 395 g/mol. The summed E-state index contributed by atoms with van der Waals surface area (Å²) in [5.74, 6) is -0.204. The van der Waals surface area contributed by atoms with Crippen LogP contribution in [0, 0.1) is 5.92 Å². The SMILES string of the molecule is NC(=O)C1CCN(C(=O)COc2ccc(S(=O)(=O)N3CCCC3)cc2)CC1. The number of rotatable bonds is 6. The van der Waals surface area contributed by atoms with Crippen LogP contribution in [0.5, 0.6) is 5.75 Å².